The Morgan fingerprint density at radius 3 is 2.50 bits per heavy atom. The summed E-state index contributed by atoms with van der Waals surface area (Å²) < 4.78 is 7.11. The minimum absolute atomic E-state index is 0.131. The first-order valence-corrected chi connectivity index (χ1v) is 11.8. The number of amides is 2. The van der Waals surface area contributed by atoms with Crippen LogP contribution < -0.4 is 21.2 Å². The van der Waals surface area contributed by atoms with Gasteiger partial charge in [0.1, 0.15) is 12.4 Å². The molecule has 0 fully saturated rings. The molecule has 2 aromatic carbocycles. The van der Waals surface area contributed by atoms with Gasteiger partial charge < -0.3 is 21.2 Å². The summed E-state index contributed by atoms with van der Waals surface area (Å²) in [4.78, 5) is 23.9. The Morgan fingerprint density at radius 1 is 1.06 bits per heavy atom. The van der Waals surface area contributed by atoms with Crippen molar-refractivity contribution in [2.45, 2.75) is 52.9 Å². The van der Waals surface area contributed by atoms with E-state index in [2.05, 4.69) is 20.8 Å². The molecule has 0 unspecified atom stereocenters. The van der Waals surface area contributed by atoms with Gasteiger partial charge in [-0.15, -0.1) is 10.2 Å². The molecule has 3 rings (SSSR count). The molecule has 3 aromatic rings. The number of carbonyl (C=O) groups is 2. The van der Waals surface area contributed by atoms with Crippen LogP contribution in [0.25, 0.3) is 0 Å². The van der Waals surface area contributed by atoms with E-state index < -0.39 is 0 Å². The molecule has 34 heavy (non-hydrogen) atoms. The summed E-state index contributed by atoms with van der Waals surface area (Å²) >= 11 is 1.20. The highest BCUT2D eigenvalue weighted by Gasteiger charge is 2.14. The van der Waals surface area contributed by atoms with E-state index in [-0.39, 0.29) is 24.2 Å². The number of thioether (sulfide) groups is 1. The van der Waals surface area contributed by atoms with Crippen LogP contribution in [-0.2, 0) is 22.7 Å². The number of nitrogens with one attached hydrogen (secondary N) is 2. The third-order valence-corrected chi connectivity index (χ3v) is 6.42. The molecule has 180 valence electrons. The zero-order valence-corrected chi connectivity index (χ0v) is 20.9. The molecule has 0 aliphatic rings. The number of nitrogens with zero attached hydrogens (tertiary/aromatic N) is 3. The van der Waals surface area contributed by atoms with Gasteiger partial charge in [0.25, 0.3) is 0 Å². The standard InChI is InChI=1S/C24H30N6O3S/c1-14-7-9-20(10-16(14)3)33-12-21-28-29-24(30(21)25)34-13-22(32)26-11-19-8-6-15(2)23(17(19)4)27-18(5)31/h6-10H,11-13,25H2,1-5H3,(H,26,32)(H,27,31). The summed E-state index contributed by atoms with van der Waals surface area (Å²) in [6.45, 7) is 9.91. The van der Waals surface area contributed by atoms with Crippen molar-refractivity contribution in [3.05, 3.63) is 64.0 Å². The Hall–Kier alpha value is -3.53. The molecule has 1 heterocycles. The van der Waals surface area contributed by atoms with Crippen molar-refractivity contribution >= 4 is 29.3 Å². The van der Waals surface area contributed by atoms with Crippen LogP contribution in [0.2, 0.25) is 0 Å². The van der Waals surface area contributed by atoms with Crippen molar-refractivity contribution in [2.75, 3.05) is 16.9 Å². The number of nitrogen functional groups attached to an aromatic ring is 1. The van der Waals surface area contributed by atoms with Gasteiger partial charge in [-0.25, -0.2) is 4.68 Å². The van der Waals surface area contributed by atoms with E-state index in [1.54, 1.807) is 0 Å². The van der Waals surface area contributed by atoms with E-state index in [0.29, 0.717) is 17.5 Å². The highest BCUT2D eigenvalue weighted by atomic mass is 32.2. The lowest BCUT2D eigenvalue weighted by Gasteiger charge is -2.15. The number of hydrogen-bond acceptors (Lipinski definition) is 7. The van der Waals surface area contributed by atoms with Crippen molar-refractivity contribution < 1.29 is 14.3 Å². The van der Waals surface area contributed by atoms with E-state index in [1.807, 2.05) is 58.0 Å². The summed E-state index contributed by atoms with van der Waals surface area (Å²) in [6.07, 6.45) is 0. The molecule has 0 spiro atoms. The third-order valence-electron chi connectivity index (χ3n) is 5.48. The van der Waals surface area contributed by atoms with Crippen LogP contribution in [-0.4, -0.2) is 32.4 Å². The average Bonchev–Trinajstić information content (AvgIpc) is 3.14. The molecule has 9 nitrogen and oxygen atoms in total. The minimum atomic E-state index is -0.165. The number of carbonyl (C=O) groups excluding carboxylic acids is 2. The lowest BCUT2D eigenvalue weighted by Crippen LogP contribution is -2.25. The monoisotopic (exact) mass is 482 g/mol. The second-order valence-corrected chi connectivity index (χ2v) is 9.03. The molecule has 0 bridgehead atoms. The molecule has 10 heteroatoms. The summed E-state index contributed by atoms with van der Waals surface area (Å²) in [5, 5.41) is 14.3. The van der Waals surface area contributed by atoms with Crippen LogP contribution in [0.4, 0.5) is 5.69 Å². The smallest absolute Gasteiger partial charge is 0.230 e. The van der Waals surface area contributed by atoms with Crippen LogP contribution in [0.1, 0.15) is 40.6 Å². The van der Waals surface area contributed by atoms with Gasteiger partial charge >= 0.3 is 0 Å². The van der Waals surface area contributed by atoms with E-state index in [4.69, 9.17) is 10.6 Å². The topological polar surface area (TPSA) is 124 Å². The number of nitrogens with two attached hydrogens (primary N) is 1. The highest BCUT2D eigenvalue weighted by Crippen LogP contribution is 2.24. The maximum Gasteiger partial charge on any atom is 0.230 e. The summed E-state index contributed by atoms with van der Waals surface area (Å²) in [7, 11) is 0. The van der Waals surface area contributed by atoms with Crippen molar-refractivity contribution in [1.82, 2.24) is 20.2 Å². The number of aryl methyl sites for hydroxylation is 3. The van der Waals surface area contributed by atoms with Gasteiger partial charge in [0.05, 0.1) is 5.75 Å². The summed E-state index contributed by atoms with van der Waals surface area (Å²) in [5.74, 6) is 7.12. The van der Waals surface area contributed by atoms with Crippen molar-refractivity contribution in [1.29, 1.82) is 0 Å². The zero-order chi connectivity index (χ0) is 24.8. The van der Waals surface area contributed by atoms with Gasteiger partial charge in [-0.05, 0) is 67.6 Å². The number of hydrogen-bond donors (Lipinski definition) is 3. The Balaban J connectivity index is 1.52. The molecular formula is C24H30N6O3S. The van der Waals surface area contributed by atoms with Crippen molar-refractivity contribution in [2.24, 2.45) is 0 Å². The number of benzene rings is 2. The number of rotatable bonds is 9. The van der Waals surface area contributed by atoms with E-state index in [9.17, 15) is 9.59 Å². The average molecular weight is 483 g/mol. The van der Waals surface area contributed by atoms with Crippen LogP contribution in [0.5, 0.6) is 5.75 Å². The zero-order valence-electron chi connectivity index (χ0n) is 20.1. The number of ether oxygens (including phenoxy) is 1. The lowest BCUT2D eigenvalue weighted by molar-refractivity contribution is -0.118. The fourth-order valence-corrected chi connectivity index (χ4v) is 3.99. The summed E-state index contributed by atoms with van der Waals surface area (Å²) in [6, 6.07) is 9.72. The van der Waals surface area contributed by atoms with Gasteiger partial charge in [-0.3, -0.25) is 9.59 Å². The van der Waals surface area contributed by atoms with Crippen LogP contribution >= 0.6 is 11.8 Å². The number of aromatic nitrogens is 3. The largest absolute Gasteiger partial charge is 0.486 e. The predicted molar refractivity (Wildman–Crippen MR) is 133 cm³/mol. The number of anilines is 1. The Bertz CT molecular complexity index is 1210. The molecule has 0 saturated heterocycles. The Labute approximate surface area is 203 Å². The quantitative estimate of drug-likeness (QED) is 0.316. The maximum absolute atomic E-state index is 12.4. The van der Waals surface area contributed by atoms with E-state index >= 15 is 0 Å². The van der Waals surface area contributed by atoms with Crippen molar-refractivity contribution in [3.8, 4) is 5.75 Å². The minimum Gasteiger partial charge on any atom is -0.486 e. The van der Waals surface area contributed by atoms with E-state index in [1.165, 1.54) is 28.9 Å². The molecule has 0 aliphatic carbocycles. The molecule has 0 radical (unpaired) electrons. The van der Waals surface area contributed by atoms with E-state index in [0.717, 1.165) is 33.7 Å². The maximum atomic E-state index is 12.4. The van der Waals surface area contributed by atoms with Gasteiger partial charge in [-0.2, -0.15) is 0 Å². The van der Waals surface area contributed by atoms with Gasteiger partial charge in [-0.1, -0.05) is 30.0 Å². The first-order chi connectivity index (χ1) is 16.2. The molecule has 1 aromatic heterocycles. The van der Waals surface area contributed by atoms with Crippen LogP contribution in [0.3, 0.4) is 0 Å². The molecule has 0 saturated carbocycles. The first kappa shape index (κ1) is 25.1. The molecular weight excluding hydrogens is 452 g/mol. The molecule has 4 N–H and O–H groups in total. The Kier molecular flexibility index (Phi) is 8.17. The van der Waals surface area contributed by atoms with Gasteiger partial charge in [0.15, 0.2) is 5.82 Å². The first-order valence-electron chi connectivity index (χ1n) is 10.8. The Morgan fingerprint density at radius 2 is 1.79 bits per heavy atom. The molecule has 0 atom stereocenters. The van der Waals surface area contributed by atoms with Crippen molar-refractivity contribution in [3.63, 3.8) is 0 Å². The lowest BCUT2D eigenvalue weighted by atomic mass is 10.0. The SMILES string of the molecule is CC(=O)Nc1c(C)ccc(CNC(=O)CSc2nnc(COc3ccc(C)c(C)c3)n2N)c1C. The summed E-state index contributed by atoms with van der Waals surface area (Å²) in [5.41, 5.74) is 5.94. The highest BCUT2D eigenvalue weighted by molar-refractivity contribution is 7.99. The van der Waals surface area contributed by atoms with Gasteiger partial charge in [0, 0.05) is 19.2 Å². The molecule has 2 amide bonds. The fourth-order valence-electron chi connectivity index (χ4n) is 3.28. The van der Waals surface area contributed by atoms with Crippen LogP contribution in [0, 0.1) is 27.7 Å². The predicted octanol–water partition coefficient (Wildman–Crippen LogP) is 3.17. The molecule has 0 aliphatic heterocycles. The van der Waals surface area contributed by atoms with Gasteiger partial charge in [0.2, 0.25) is 17.0 Å². The normalized spacial score (nSPS) is 10.7. The fraction of sp³-hybridized carbons (Fsp3) is 0.333. The van der Waals surface area contributed by atoms with Crippen LogP contribution in [0.15, 0.2) is 35.5 Å². The second kappa shape index (κ2) is 11.1. The second-order valence-electron chi connectivity index (χ2n) is 8.09. The third kappa shape index (κ3) is 6.28.